The maximum absolute atomic E-state index is 11.3. The predicted octanol–water partition coefficient (Wildman–Crippen LogP) is 0.328. The minimum Gasteiger partial charge on any atom is -0.305 e. The van der Waals surface area contributed by atoms with Crippen molar-refractivity contribution in [2.24, 2.45) is 0 Å². The molecule has 0 aliphatic carbocycles. The van der Waals surface area contributed by atoms with Crippen molar-refractivity contribution in [1.29, 1.82) is 0 Å². The lowest BCUT2D eigenvalue weighted by Gasteiger charge is -2.20. The van der Waals surface area contributed by atoms with E-state index in [2.05, 4.69) is 41.6 Å². The normalized spacial score (nSPS) is 15.8. The van der Waals surface area contributed by atoms with Gasteiger partial charge in [0, 0.05) is 22.6 Å². The highest BCUT2D eigenvalue weighted by molar-refractivity contribution is 7.84. The zero-order valence-corrected chi connectivity index (χ0v) is 11.9. The van der Waals surface area contributed by atoms with E-state index in [0.717, 1.165) is 5.82 Å². The lowest BCUT2D eigenvalue weighted by atomic mass is 10.1. The Morgan fingerprint density at radius 1 is 1.47 bits per heavy atom. The predicted molar refractivity (Wildman–Crippen MR) is 67.9 cm³/mol. The zero-order valence-electron chi connectivity index (χ0n) is 11.1. The van der Waals surface area contributed by atoms with Crippen molar-refractivity contribution < 1.29 is 4.21 Å². The Balaban J connectivity index is 2.63. The van der Waals surface area contributed by atoms with Crippen molar-refractivity contribution in [2.75, 3.05) is 6.26 Å². The molecule has 2 unspecified atom stereocenters. The molecular weight excluding hydrogens is 238 g/mol. The Hall–Kier alpha value is -0.820. The van der Waals surface area contributed by atoms with Crippen molar-refractivity contribution in [1.82, 2.24) is 25.5 Å². The molecule has 98 valence electrons. The fourth-order valence-corrected chi connectivity index (χ4v) is 1.54. The van der Waals surface area contributed by atoms with E-state index in [9.17, 15) is 4.21 Å². The van der Waals surface area contributed by atoms with Crippen molar-refractivity contribution in [3.63, 3.8) is 0 Å². The highest BCUT2D eigenvalue weighted by Crippen LogP contribution is 2.03. The number of hydrogen-bond donors (Lipinski definition) is 1. The lowest BCUT2D eigenvalue weighted by molar-refractivity contribution is 0.407. The van der Waals surface area contributed by atoms with Crippen LogP contribution in [0.3, 0.4) is 0 Å². The molecule has 6 nitrogen and oxygen atoms in total. The minimum atomic E-state index is -0.861. The number of hydrogen-bond acceptors (Lipinski definition) is 5. The van der Waals surface area contributed by atoms with E-state index in [-0.39, 0.29) is 10.8 Å². The van der Waals surface area contributed by atoms with E-state index in [4.69, 9.17) is 0 Å². The summed E-state index contributed by atoms with van der Waals surface area (Å²) in [5.41, 5.74) is 0.0238. The van der Waals surface area contributed by atoms with Crippen LogP contribution in [0, 0.1) is 0 Å². The molecule has 1 aromatic heterocycles. The van der Waals surface area contributed by atoms with Crippen LogP contribution in [0.2, 0.25) is 0 Å². The number of rotatable bonds is 5. The van der Waals surface area contributed by atoms with Gasteiger partial charge in [-0.05, 0) is 38.1 Å². The molecule has 1 heterocycles. The first-order valence-corrected chi connectivity index (χ1v) is 7.24. The van der Waals surface area contributed by atoms with Gasteiger partial charge in [-0.2, -0.15) is 0 Å². The van der Waals surface area contributed by atoms with Crippen LogP contribution in [0.15, 0.2) is 0 Å². The van der Waals surface area contributed by atoms with Gasteiger partial charge in [0.15, 0.2) is 5.82 Å². The van der Waals surface area contributed by atoms with E-state index >= 15 is 0 Å². The molecule has 1 rings (SSSR count). The molecule has 0 saturated carbocycles. The number of nitrogens with one attached hydrogen (secondary N) is 1. The van der Waals surface area contributed by atoms with Crippen LogP contribution >= 0.6 is 0 Å². The highest BCUT2D eigenvalue weighted by Gasteiger charge is 2.15. The van der Waals surface area contributed by atoms with E-state index in [1.807, 2.05) is 6.92 Å². The number of aromatic nitrogens is 4. The summed E-state index contributed by atoms with van der Waals surface area (Å²) < 4.78 is 13.0. The van der Waals surface area contributed by atoms with Crippen LogP contribution in [0.4, 0.5) is 0 Å². The third-order valence-corrected chi connectivity index (χ3v) is 3.66. The minimum absolute atomic E-state index is 0.0238. The van der Waals surface area contributed by atoms with Crippen molar-refractivity contribution >= 4 is 10.8 Å². The van der Waals surface area contributed by atoms with Gasteiger partial charge in [-0.3, -0.25) is 4.21 Å². The van der Waals surface area contributed by atoms with Gasteiger partial charge in [-0.15, -0.1) is 5.10 Å². The standard InChI is InChI=1S/C10H21N5OS/c1-8(17(5)16)7-15-9(12-13-14-15)6-11-10(2,3)4/h8,11H,6-7H2,1-5H3. The summed E-state index contributed by atoms with van der Waals surface area (Å²) in [6.07, 6.45) is 1.70. The summed E-state index contributed by atoms with van der Waals surface area (Å²) in [5.74, 6) is 0.775. The molecule has 2 atom stereocenters. The molecule has 0 saturated heterocycles. The average Bonchev–Trinajstić information content (AvgIpc) is 2.61. The Bertz CT molecular complexity index is 384. The topological polar surface area (TPSA) is 72.7 Å². The summed E-state index contributed by atoms with van der Waals surface area (Å²) in [5, 5.41) is 14.9. The van der Waals surface area contributed by atoms with Gasteiger partial charge in [0.05, 0.1) is 18.3 Å². The fraction of sp³-hybridized carbons (Fsp3) is 0.900. The molecule has 1 N–H and O–H groups in total. The summed E-state index contributed by atoms with van der Waals surface area (Å²) in [6, 6.07) is 0. The molecule has 0 amide bonds. The number of nitrogens with zero attached hydrogens (tertiary/aromatic N) is 4. The largest absolute Gasteiger partial charge is 0.305 e. The van der Waals surface area contributed by atoms with Crippen LogP contribution in [0.5, 0.6) is 0 Å². The van der Waals surface area contributed by atoms with Gasteiger partial charge in [-0.25, -0.2) is 4.68 Å². The van der Waals surface area contributed by atoms with Crippen LogP contribution in [-0.4, -0.2) is 41.5 Å². The Morgan fingerprint density at radius 3 is 2.65 bits per heavy atom. The molecule has 0 aliphatic heterocycles. The zero-order chi connectivity index (χ0) is 13.1. The lowest BCUT2D eigenvalue weighted by Crippen LogP contribution is -2.36. The molecular formula is C10H21N5OS. The van der Waals surface area contributed by atoms with E-state index in [1.165, 1.54) is 0 Å². The van der Waals surface area contributed by atoms with Gasteiger partial charge in [-0.1, -0.05) is 0 Å². The molecule has 0 fully saturated rings. The van der Waals surface area contributed by atoms with E-state index < -0.39 is 10.8 Å². The van der Waals surface area contributed by atoms with Crippen LogP contribution in [0.1, 0.15) is 33.5 Å². The molecule has 0 spiro atoms. The van der Waals surface area contributed by atoms with Gasteiger partial charge < -0.3 is 5.32 Å². The van der Waals surface area contributed by atoms with Crippen LogP contribution in [-0.2, 0) is 23.9 Å². The van der Waals surface area contributed by atoms with Crippen LogP contribution in [0.25, 0.3) is 0 Å². The van der Waals surface area contributed by atoms with E-state index in [1.54, 1.807) is 10.9 Å². The van der Waals surface area contributed by atoms with Gasteiger partial charge in [0.2, 0.25) is 0 Å². The van der Waals surface area contributed by atoms with Crippen molar-refractivity contribution in [3.05, 3.63) is 5.82 Å². The second kappa shape index (κ2) is 5.68. The molecule has 17 heavy (non-hydrogen) atoms. The molecule has 7 heteroatoms. The highest BCUT2D eigenvalue weighted by atomic mass is 32.2. The quantitative estimate of drug-likeness (QED) is 0.825. The molecule has 0 aromatic carbocycles. The number of tetrazole rings is 1. The maximum Gasteiger partial charge on any atom is 0.165 e. The van der Waals surface area contributed by atoms with Crippen LogP contribution < -0.4 is 5.32 Å². The van der Waals surface area contributed by atoms with Gasteiger partial charge in [0.25, 0.3) is 0 Å². The molecule has 0 radical (unpaired) electrons. The Kier molecular flexibility index (Phi) is 4.76. The van der Waals surface area contributed by atoms with Crippen molar-refractivity contribution in [2.45, 2.75) is 51.6 Å². The monoisotopic (exact) mass is 259 g/mol. The smallest absolute Gasteiger partial charge is 0.165 e. The Labute approximate surface area is 105 Å². The first kappa shape index (κ1) is 14.2. The molecule has 0 aliphatic rings. The third kappa shape index (κ3) is 4.91. The van der Waals surface area contributed by atoms with Crippen molar-refractivity contribution in [3.8, 4) is 0 Å². The summed E-state index contributed by atoms with van der Waals surface area (Å²) in [6.45, 7) is 9.39. The first-order valence-electron chi connectivity index (χ1n) is 5.62. The summed E-state index contributed by atoms with van der Waals surface area (Å²) in [4.78, 5) is 0. The summed E-state index contributed by atoms with van der Waals surface area (Å²) >= 11 is 0. The molecule has 1 aromatic rings. The second-order valence-electron chi connectivity index (χ2n) is 5.19. The summed E-state index contributed by atoms with van der Waals surface area (Å²) in [7, 11) is -0.861. The third-order valence-electron chi connectivity index (χ3n) is 2.38. The van der Waals surface area contributed by atoms with Gasteiger partial charge in [0.1, 0.15) is 0 Å². The second-order valence-corrected chi connectivity index (χ2v) is 6.99. The first-order chi connectivity index (χ1) is 7.79. The van der Waals surface area contributed by atoms with Gasteiger partial charge >= 0.3 is 0 Å². The molecule has 0 bridgehead atoms. The SMILES string of the molecule is CC(Cn1nnnc1CNC(C)(C)C)S(C)=O. The Morgan fingerprint density at radius 2 is 2.12 bits per heavy atom. The maximum atomic E-state index is 11.3. The van der Waals surface area contributed by atoms with E-state index in [0.29, 0.717) is 13.1 Å². The fourth-order valence-electron chi connectivity index (χ4n) is 1.18. The average molecular weight is 259 g/mol.